The van der Waals surface area contributed by atoms with Gasteiger partial charge in [0.1, 0.15) is 17.3 Å². The van der Waals surface area contributed by atoms with Crippen molar-refractivity contribution in [1.29, 1.82) is 0 Å². The lowest BCUT2D eigenvalue weighted by Gasteiger charge is -2.24. The first-order valence-corrected chi connectivity index (χ1v) is 7.69. The minimum atomic E-state index is 0.0392. The standard InChI is InChI=1S/C18H28O3/c1-7-13(4)16(18(19)12(2)3)10-14-8-9-15(20-5)11-17(14)21-6/h8-9,11-13,16H,7,10H2,1-6H3. The summed E-state index contributed by atoms with van der Waals surface area (Å²) in [6.07, 6.45) is 1.72. The van der Waals surface area contributed by atoms with Gasteiger partial charge in [0.15, 0.2) is 0 Å². The highest BCUT2D eigenvalue weighted by atomic mass is 16.5. The molecular formula is C18H28O3. The Morgan fingerprint density at radius 3 is 2.29 bits per heavy atom. The van der Waals surface area contributed by atoms with Gasteiger partial charge in [0.2, 0.25) is 0 Å². The Kier molecular flexibility index (Phi) is 6.73. The molecule has 0 aliphatic rings. The number of ether oxygens (including phenoxy) is 2. The van der Waals surface area contributed by atoms with Crippen LogP contribution in [0.5, 0.6) is 11.5 Å². The second kappa shape index (κ2) is 8.06. The van der Waals surface area contributed by atoms with Crippen molar-refractivity contribution in [1.82, 2.24) is 0 Å². The fourth-order valence-electron chi connectivity index (χ4n) is 2.55. The Morgan fingerprint density at radius 2 is 1.81 bits per heavy atom. The molecule has 1 aromatic rings. The van der Waals surface area contributed by atoms with Crippen molar-refractivity contribution < 1.29 is 14.3 Å². The summed E-state index contributed by atoms with van der Waals surface area (Å²) in [5, 5.41) is 0. The summed E-state index contributed by atoms with van der Waals surface area (Å²) in [6.45, 7) is 8.24. The molecule has 118 valence electrons. The summed E-state index contributed by atoms with van der Waals surface area (Å²) in [5.41, 5.74) is 1.07. The smallest absolute Gasteiger partial charge is 0.139 e. The van der Waals surface area contributed by atoms with Gasteiger partial charge in [-0.25, -0.2) is 0 Å². The van der Waals surface area contributed by atoms with Gasteiger partial charge in [-0.1, -0.05) is 40.2 Å². The molecule has 3 heteroatoms. The van der Waals surface area contributed by atoms with E-state index in [-0.39, 0.29) is 11.8 Å². The van der Waals surface area contributed by atoms with Crippen LogP contribution in [0.4, 0.5) is 0 Å². The minimum absolute atomic E-state index is 0.0392. The van der Waals surface area contributed by atoms with Crippen molar-refractivity contribution in [3.63, 3.8) is 0 Å². The summed E-state index contributed by atoms with van der Waals surface area (Å²) in [7, 11) is 3.29. The number of benzene rings is 1. The van der Waals surface area contributed by atoms with E-state index < -0.39 is 0 Å². The van der Waals surface area contributed by atoms with Crippen molar-refractivity contribution in [3.8, 4) is 11.5 Å². The van der Waals surface area contributed by atoms with Crippen LogP contribution >= 0.6 is 0 Å². The Morgan fingerprint density at radius 1 is 1.14 bits per heavy atom. The molecule has 0 heterocycles. The zero-order valence-electron chi connectivity index (χ0n) is 14.1. The summed E-state index contributed by atoms with van der Waals surface area (Å²) in [4.78, 5) is 12.5. The minimum Gasteiger partial charge on any atom is -0.497 e. The molecule has 0 aliphatic heterocycles. The largest absolute Gasteiger partial charge is 0.497 e. The van der Waals surface area contributed by atoms with Gasteiger partial charge in [-0.2, -0.15) is 0 Å². The molecule has 0 radical (unpaired) electrons. The van der Waals surface area contributed by atoms with Gasteiger partial charge in [-0.05, 0) is 24.0 Å². The van der Waals surface area contributed by atoms with Crippen LogP contribution in [0.1, 0.15) is 39.7 Å². The van der Waals surface area contributed by atoms with Gasteiger partial charge in [0.25, 0.3) is 0 Å². The molecule has 0 fully saturated rings. The maximum Gasteiger partial charge on any atom is 0.139 e. The molecule has 0 spiro atoms. The molecule has 1 rings (SSSR count). The number of Topliss-reactive ketones (excluding diaryl/α,β-unsaturated/α-hetero) is 1. The number of carbonyl (C=O) groups excluding carboxylic acids is 1. The third kappa shape index (κ3) is 4.48. The van der Waals surface area contributed by atoms with Gasteiger partial charge in [-0.3, -0.25) is 4.79 Å². The van der Waals surface area contributed by atoms with E-state index in [1.54, 1.807) is 14.2 Å². The third-order valence-electron chi connectivity index (χ3n) is 4.20. The number of hydrogen-bond donors (Lipinski definition) is 0. The fourth-order valence-corrected chi connectivity index (χ4v) is 2.55. The van der Waals surface area contributed by atoms with Crippen LogP contribution in [0.2, 0.25) is 0 Å². The van der Waals surface area contributed by atoms with Gasteiger partial charge < -0.3 is 9.47 Å². The molecule has 0 saturated heterocycles. The summed E-state index contributed by atoms with van der Waals surface area (Å²) in [6, 6.07) is 5.80. The van der Waals surface area contributed by atoms with Gasteiger partial charge in [0.05, 0.1) is 14.2 Å². The Hall–Kier alpha value is -1.51. The van der Waals surface area contributed by atoms with Crippen LogP contribution in [0.25, 0.3) is 0 Å². The Labute approximate surface area is 128 Å². The molecule has 0 amide bonds. The molecule has 0 saturated carbocycles. The molecular weight excluding hydrogens is 264 g/mol. The van der Waals surface area contributed by atoms with Crippen molar-refractivity contribution in [2.24, 2.45) is 17.8 Å². The number of ketones is 1. The Bertz CT molecular complexity index is 466. The summed E-state index contributed by atoms with van der Waals surface area (Å²) in [5.74, 6) is 2.37. The predicted molar refractivity (Wildman–Crippen MR) is 86.0 cm³/mol. The van der Waals surface area contributed by atoms with Gasteiger partial charge in [-0.15, -0.1) is 0 Å². The second-order valence-corrected chi connectivity index (χ2v) is 5.93. The van der Waals surface area contributed by atoms with Gasteiger partial charge in [0, 0.05) is 17.9 Å². The molecule has 2 unspecified atom stereocenters. The quantitative estimate of drug-likeness (QED) is 0.722. The van der Waals surface area contributed by atoms with E-state index in [1.807, 2.05) is 32.0 Å². The lowest BCUT2D eigenvalue weighted by atomic mass is 9.79. The molecule has 0 N–H and O–H groups in total. The molecule has 0 bridgehead atoms. The molecule has 3 nitrogen and oxygen atoms in total. The lowest BCUT2D eigenvalue weighted by Crippen LogP contribution is -2.27. The third-order valence-corrected chi connectivity index (χ3v) is 4.20. The SMILES string of the molecule is CCC(C)C(Cc1ccc(OC)cc1OC)C(=O)C(C)C. The highest BCUT2D eigenvalue weighted by molar-refractivity contribution is 5.83. The van der Waals surface area contributed by atoms with E-state index >= 15 is 0 Å². The van der Waals surface area contributed by atoms with Gasteiger partial charge >= 0.3 is 0 Å². The van der Waals surface area contributed by atoms with Crippen LogP contribution < -0.4 is 9.47 Å². The topological polar surface area (TPSA) is 35.5 Å². The first kappa shape index (κ1) is 17.5. The van der Waals surface area contributed by atoms with Crippen LogP contribution in [0.15, 0.2) is 18.2 Å². The van der Waals surface area contributed by atoms with Crippen LogP contribution in [0, 0.1) is 17.8 Å². The van der Waals surface area contributed by atoms with E-state index in [4.69, 9.17) is 9.47 Å². The van der Waals surface area contributed by atoms with Crippen molar-refractivity contribution in [2.45, 2.75) is 40.5 Å². The molecule has 1 aromatic carbocycles. The first-order chi connectivity index (χ1) is 9.94. The summed E-state index contributed by atoms with van der Waals surface area (Å²) >= 11 is 0. The van der Waals surface area contributed by atoms with Crippen molar-refractivity contribution in [3.05, 3.63) is 23.8 Å². The average Bonchev–Trinajstić information content (AvgIpc) is 2.50. The van der Waals surface area contributed by atoms with E-state index in [0.717, 1.165) is 29.9 Å². The molecule has 2 atom stereocenters. The maximum absolute atomic E-state index is 12.5. The van der Waals surface area contributed by atoms with Crippen LogP contribution in [0.3, 0.4) is 0 Å². The average molecular weight is 292 g/mol. The Balaban J connectivity index is 3.05. The maximum atomic E-state index is 12.5. The number of rotatable bonds is 8. The monoisotopic (exact) mass is 292 g/mol. The molecule has 0 aromatic heterocycles. The highest BCUT2D eigenvalue weighted by Crippen LogP contribution is 2.31. The zero-order valence-corrected chi connectivity index (χ0v) is 14.1. The molecule has 0 aliphatic carbocycles. The lowest BCUT2D eigenvalue weighted by molar-refractivity contribution is -0.127. The number of methoxy groups -OCH3 is 2. The molecule has 21 heavy (non-hydrogen) atoms. The predicted octanol–water partition coefficient (Wildman–Crippen LogP) is 4.13. The van der Waals surface area contributed by atoms with E-state index in [2.05, 4.69) is 13.8 Å². The fraction of sp³-hybridized carbons (Fsp3) is 0.611. The normalized spacial score (nSPS) is 13.9. The van der Waals surface area contributed by atoms with Crippen LogP contribution in [-0.2, 0) is 11.2 Å². The first-order valence-electron chi connectivity index (χ1n) is 7.69. The van der Waals surface area contributed by atoms with Crippen LogP contribution in [-0.4, -0.2) is 20.0 Å². The van der Waals surface area contributed by atoms with Crippen molar-refractivity contribution >= 4 is 5.78 Å². The van der Waals surface area contributed by atoms with E-state index in [0.29, 0.717) is 11.7 Å². The summed E-state index contributed by atoms with van der Waals surface area (Å²) < 4.78 is 10.7. The van der Waals surface area contributed by atoms with E-state index in [9.17, 15) is 4.79 Å². The second-order valence-electron chi connectivity index (χ2n) is 5.93. The highest BCUT2D eigenvalue weighted by Gasteiger charge is 2.27. The van der Waals surface area contributed by atoms with E-state index in [1.165, 1.54) is 0 Å². The zero-order chi connectivity index (χ0) is 16.0. The number of hydrogen-bond acceptors (Lipinski definition) is 3. The number of carbonyl (C=O) groups is 1. The van der Waals surface area contributed by atoms with Crippen molar-refractivity contribution in [2.75, 3.05) is 14.2 Å².